The number of furan rings is 1. The second-order valence-electron chi connectivity index (χ2n) is 5.21. The maximum absolute atomic E-state index is 5.63. The first-order chi connectivity index (χ1) is 9.85. The van der Waals surface area contributed by atoms with E-state index in [4.69, 9.17) is 9.15 Å². The van der Waals surface area contributed by atoms with Crippen molar-refractivity contribution in [2.75, 3.05) is 11.9 Å². The predicted molar refractivity (Wildman–Crippen MR) is 76.6 cm³/mol. The molecule has 20 heavy (non-hydrogen) atoms. The Balaban J connectivity index is 1.61. The van der Waals surface area contributed by atoms with E-state index in [-0.39, 0.29) is 6.04 Å². The Morgan fingerprint density at radius 3 is 3.20 bits per heavy atom. The molecular weight excluding hydrogens is 254 g/mol. The highest BCUT2D eigenvalue weighted by atomic mass is 16.5. The van der Waals surface area contributed by atoms with Gasteiger partial charge in [0.1, 0.15) is 5.76 Å². The van der Waals surface area contributed by atoms with Gasteiger partial charge in [-0.25, -0.2) is 0 Å². The average Bonchev–Trinajstić information content (AvgIpc) is 3.19. The minimum absolute atomic E-state index is 0.186. The molecule has 1 aliphatic rings. The number of nitrogens with zero attached hydrogens (tertiary/aromatic N) is 2. The van der Waals surface area contributed by atoms with Crippen molar-refractivity contribution in [3.63, 3.8) is 0 Å². The van der Waals surface area contributed by atoms with E-state index in [2.05, 4.69) is 17.3 Å². The Morgan fingerprint density at radius 1 is 1.55 bits per heavy atom. The van der Waals surface area contributed by atoms with Crippen LogP contribution in [0.25, 0.3) is 0 Å². The number of nitrogens with one attached hydrogen (secondary N) is 1. The van der Waals surface area contributed by atoms with Gasteiger partial charge >= 0.3 is 0 Å². The number of rotatable bonds is 6. The molecule has 0 spiro atoms. The molecule has 2 aromatic rings. The van der Waals surface area contributed by atoms with Crippen molar-refractivity contribution in [3.05, 3.63) is 36.5 Å². The van der Waals surface area contributed by atoms with Gasteiger partial charge in [-0.2, -0.15) is 5.10 Å². The van der Waals surface area contributed by atoms with Gasteiger partial charge in [0.05, 0.1) is 36.8 Å². The van der Waals surface area contributed by atoms with Crippen LogP contribution in [-0.2, 0) is 11.3 Å². The van der Waals surface area contributed by atoms with Gasteiger partial charge in [0.25, 0.3) is 0 Å². The molecule has 0 aliphatic carbocycles. The van der Waals surface area contributed by atoms with Gasteiger partial charge in [-0.3, -0.25) is 4.68 Å². The van der Waals surface area contributed by atoms with Crippen LogP contribution in [0.2, 0.25) is 0 Å². The Morgan fingerprint density at radius 2 is 2.50 bits per heavy atom. The molecular formula is C15H21N3O2. The first kappa shape index (κ1) is 13.2. The van der Waals surface area contributed by atoms with E-state index in [1.54, 1.807) is 6.26 Å². The molecule has 5 heteroatoms. The highest BCUT2D eigenvalue weighted by molar-refractivity contribution is 5.40. The summed E-state index contributed by atoms with van der Waals surface area (Å²) < 4.78 is 13.0. The van der Waals surface area contributed by atoms with E-state index in [1.807, 2.05) is 29.2 Å². The molecule has 3 heterocycles. The van der Waals surface area contributed by atoms with Gasteiger partial charge in [0.15, 0.2) is 0 Å². The SMILES string of the molecule is CCC(Nc1cnn(CC2CCCO2)c1)c1ccco1. The second kappa shape index (κ2) is 6.13. The molecule has 0 radical (unpaired) electrons. The van der Waals surface area contributed by atoms with E-state index in [0.717, 1.165) is 43.9 Å². The zero-order valence-electron chi connectivity index (χ0n) is 11.8. The molecule has 1 aliphatic heterocycles. The Bertz CT molecular complexity index is 515. The van der Waals surface area contributed by atoms with E-state index in [0.29, 0.717) is 6.10 Å². The monoisotopic (exact) mass is 275 g/mol. The fraction of sp³-hybridized carbons (Fsp3) is 0.533. The molecule has 108 valence electrons. The summed E-state index contributed by atoms with van der Waals surface area (Å²) in [5, 5.41) is 7.85. The van der Waals surface area contributed by atoms with Crippen LogP contribution in [0, 0.1) is 0 Å². The van der Waals surface area contributed by atoms with Gasteiger partial charge < -0.3 is 14.5 Å². The topological polar surface area (TPSA) is 52.2 Å². The lowest BCUT2D eigenvalue weighted by Crippen LogP contribution is -2.15. The molecule has 1 fully saturated rings. The highest BCUT2D eigenvalue weighted by Crippen LogP contribution is 2.23. The molecule has 2 atom stereocenters. The molecule has 0 amide bonds. The van der Waals surface area contributed by atoms with E-state index in [1.165, 1.54) is 0 Å². The third-order valence-electron chi connectivity index (χ3n) is 3.68. The summed E-state index contributed by atoms with van der Waals surface area (Å²) >= 11 is 0. The molecule has 2 unspecified atom stereocenters. The zero-order valence-corrected chi connectivity index (χ0v) is 11.8. The molecule has 1 N–H and O–H groups in total. The molecule has 0 saturated carbocycles. The van der Waals surface area contributed by atoms with Gasteiger partial charge in [0, 0.05) is 12.8 Å². The highest BCUT2D eigenvalue weighted by Gasteiger charge is 2.17. The lowest BCUT2D eigenvalue weighted by atomic mass is 10.1. The van der Waals surface area contributed by atoms with Crippen molar-refractivity contribution >= 4 is 5.69 Å². The Hall–Kier alpha value is -1.75. The first-order valence-electron chi connectivity index (χ1n) is 7.29. The van der Waals surface area contributed by atoms with E-state index in [9.17, 15) is 0 Å². The summed E-state index contributed by atoms with van der Waals surface area (Å²) in [4.78, 5) is 0. The Labute approximate surface area is 118 Å². The predicted octanol–water partition coefficient (Wildman–Crippen LogP) is 3.22. The van der Waals surface area contributed by atoms with Crippen LogP contribution in [-0.4, -0.2) is 22.5 Å². The summed E-state index contributed by atoms with van der Waals surface area (Å²) in [6.45, 7) is 3.85. The van der Waals surface area contributed by atoms with Crippen LogP contribution in [0.5, 0.6) is 0 Å². The summed E-state index contributed by atoms with van der Waals surface area (Å²) in [6.07, 6.45) is 9.17. The molecule has 0 bridgehead atoms. The van der Waals surface area contributed by atoms with E-state index < -0.39 is 0 Å². The lowest BCUT2D eigenvalue weighted by Gasteiger charge is -2.14. The van der Waals surface area contributed by atoms with Crippen LogP contribution in [0.4, 0.5) is 5.69 Å². The summed E-state index contributed by atoms with van der Waals surface area (Å²) in [6, 6.07) is 4.10. The van der Waals surface area contributed by atoms with Crippen LogP contribution < -0.4 is 5.32 Å². The van der Waals surface area contributed by atoms with Crippen molar-refractivity contribution in [1.29, 1.82) is 0 Å². The van der Waals surface area contributed by atoms with Crippen LogP contribution in [0.15, 0.2) is 35.2 Å². The smallest absolute Gasteiger partial charge is 0.125 e. The zero-order chi connectivity index (χ0) is 13.8. The number of hydrogen-bond donors (Lipinski definition) is 1. The summed E-state index contributed by atoms with van der Waals surface area (Å²) in [7, 11) is 0. The van der Waals surface area contributed by atoms with E-state index >= 15 is 0 Å². The minimum Gasteiger partial charge on any atom is -0.467 e. The van der Waals surface area contributed by atoms with Crippen molar-refractivity contribution in [1.82, 2.24) is 9.78 Å². The molecule has 2 aromatic heterocycles. The molecule has 5 nitrogen and oxygen atoms in total. The fourth-order valence-corrected chi connectivity index (χ4v) is 2.60. The van der Waals surface area contributed by atoms with Crippen LogP contribution in [0.3, 0.4) is 0 Å². The average molecular weight is 275 g/mol. The van der Waals surface area contributed by atoms with Crippen molar-refractivity contribution < 1.29 is 9.15 Å². The Kier molecular flexibility index (Phi) is 4.06. The van der Waals surface area contributed by atoms with Gasteiger partial charge in [-0.05, 0) is 31.4 Å². The number of hydrogen-bond acceptors (Lipinski definition) is 4. The fourth-order valence-electron chi connectivity index (χ4n) is 2.60. The minimum atomic E-state index is 0.186. The number of aromatic nitrogens is 2. The quantitative estimate of drug-likeness (QED) is 0.879. The second-order valence-corrected chi connectivity index (χ2v) is 5.21. The third-order valence-corrected chi connectivity index (χ3v) is 3.68. The number of ether oxygens (including phenoxy) is 1. The van der Waals surface area contributed by atoms with Gasteiger partial charge in [-0.1, -0.05) is 6.92 Å². The first-order valence-corrected chi connectivity index (χ1v) is 7.29. The largest absolute Gasteiger partial charge is 0.467 e. The maximum atomic E-state index is 5.63. The maximum Gasteiger partial charge on any atom is 0.125 e. The molecule has 1 saturated heterocycles. The van der Waals surface area contributed by atoms with Crippen molar-refractivity contribution in [2.24, 2.45) is 0 Å². The molecule has 0 aromatic carbocycles. The van der Waals surface area contributed by atoms with Crippen LogP contribution in [0.1, 0.15) is 38.0 Å². The molecule has 3 rings (SSSR count). The number of anilines is 1. The normalized spacial score (nSPS) is 20.1. The standard InChI is InChI=1S/C15H21N3O2/c1-2-14(15-6-4-8-20-15)17-12-9-16-18(10-12)11-13-5-3-7-19-13/h4,6,8-10,13-14,17H,2-3,5,7,11H2,1H3. The third kappa shape index (κ3) is 3.04. The summed E-state index contributed by atoms with van der Waals surface area (Å²) in [5.41, 5.74) is 1.02. The van der Waals surface area contributed by atoms with Crippen molar-refractivity contribution in [3.8, 4) is 0 Å². The summed E-state index contributed by atoms with van der Waals surface area (Å²) in [5.74, 6) is 0.958. The van der Waals surface area contributed by atoms with Crippen molar-refractivity contribution in [2.45, 2.75) is 44.9 Å². The van der Waals surface area contributed by atoms with Gasteiger partial charge in [0.2, 0.25) is 0 Å². The van der Waals surface area contributed by atoms with Gasteiger partial charge in [-0.15, -0.1) is 0 Å². The van der Waals surface area contributed by atoms with Crippen LogP contribution >= 0.6 is 0 Å². The lowest BCUT2D eigenvalue weighted by molar-refractivity contribution is 0.0940.